The van der Waals surface area contributed by atoms with Gasteiger partial charge in [-0.3, -0.25) is 16.0 Å². The molecule has 1 aromatic carbocycles. The van der Waals surface area contributed by atoms with Crippen LogP contribution in [0.2, 0.25) is 5.02 Å². The van der Waals surface area contributed by atoms with Gasteiger partial charge in [0.15, 0.2) is 0 Å². The Morgan fingerprint density at radius 1 is 1.43 bits per heavy atom. The van der Waals surface area contributed by atoms with Crippen LogP contribution in [-0.2, 0) is 26.3 Å². The number of benzene rings is 1. The third-order valence-corrected chi connectivity index (χ3v) is 4.70. The van der Waals surface area contributed by atoms with Crippen LogP contribution in [0, 0.1) is 0 Å². The lowest BCUT2D eigenvalue weighted by Gasteiger charge is -2.16. The van der Waals surface area contributed by atoms with Gasteiger partial charge in [0.1, 0.15) is 0 Å². The van der Waals surface area contributed by atoms with Crippen LogP contribution < -0.4 is 11.3 Å². The largest absolute Gasteiger partial charge is 0.271 e. The molecule has 1 heterocycles. The van der Waals surface area contributed by atoms with E-state index in [0.717, 1.165) is 40.1 Å². The van der Waals surface area contributed by atoms with Gasteiger partial charge >= 0.3 is 0 Å². The molecular weight excluding hydrogens is 352 g/mol. The summed E-state index contributed by atoms with van der Waals surface area (Å²) in [6.45, 7) is 2.10. The van der Waals surface area contributed by atoms with Crippen molar-refractivity contribution in [3.05, 3.63) is 50.7 Å². The van der Waals surface area contributed by atoms with Crippen LogP contribution in [0.3, 0.4) is 0 Å². The van der Waals surface area contributed by atoms with E-state index in [1.807, 2.05) is 29.9 Å². The quantitative estimate of drug-likeness (QED) is 0.606. The number of hydrogen-bond donors (Lipinski definition) is 2. The molecule has 114 valence electrons. The smallest absolute Gasteiger partial charge is 0.0766 e. The van der Waals surface area contributed by atoms with Gasteiger partial charge < -0.3 is 0 Å². The van der Waals surface area contributed by atoms with Gasteiger partial charge in [-0.1, -0.05) is 30.7 Å². The van der Waals surface area contributed by atoms with Crippen molar-refractivity contribution in [2.45, 2.75) is 32.2 Å². The molecule has 0 amide bonds. The summed E-state index contributed by atoms with van der Waals surface area (Å²) in [4.78, 5) is 0. The Hall–Kier alpha value is -0.880. The maximum Gasteiger partial charge on any atom is 0.0766 e. The lowest BCUT2D eigenvalue weighted by atomic mass is 10.0. The Bertz CT molecular complexity index is 612. The highest BCUT2D eigenvalue weighted by Crippen LogP contribution is 2.23. The van der Waals surface area contributed by atoms with Crippen LogP contribution in [0.5, 0.6) is 0 Å². The van der Waals surface area contributed by atoms with Gasteiger partial charge in [-0.05, 0) is 46.5 Å². The summed E-state index contributed by atoms with van der Waals surface area (Å²) >= 11 is 9.67. The van der Waals surface area contributed by atoms with Gasteiger partial charge in [0.05, 0.1) is 15.9 Å². The first-order chi connectivity index (χ1) is 10.0. The van der Waals surface area contributed by atoms with Crippen molar-refractivity contribution in [2.75, 3.05) is 0 Å². The predicted octanol–water partition coefficient (Wildman–Crippen LogP) is 3.02. The number of nitrogens with two attached hydrogens (primary N) is 1. The number of aryl methyl sites for hydroxylation is 2. The van der Waals surface area contributed by atoms with E-state index in [0.29, 0.717) is 0 Å². The zero-order valence-electron chi connectivity index (χ0n) is 12.2. The summed E-state index contributed by atoms with van der Waals surface area (Å²) in [7, 11) is 1.96. The van der Waals surface area contributed by atoms with E-state index < -0.39 is 0 Å². The van der Waals surface area contributed by atoms with Gasteiger partial charge in [-0.15, -0.1) is 0 Å². The normalized spacial score (nSPS) is 12.6. The molecule has 0 aliphatic carbocycles. The lowest BCUT2D eigenvalue weighted by Crippen LogP contribution is -2.39. The molecule has 0 fully saturated rings. The fraction of sp³-hybridized carbons (Fsp3) is 0.400. The van der Waals surface area contributed by atoms with Gasteiger partial charge in [0.2, 0.25) is 0 Å². The van der Waals surface area contributed by atoms with Crippen molar-refractivity contribution in [2.24, 2.45) is 12.9 Å². The van der Waals surface area contributed by atoms with Crippen molar-refractivity contribution in [1.29, 1.82) is 0 Å². The average Bonchev–Trinajstić information content (AvgIpc) is 2.73. The van der Waals surface area contributed by atoms with Crippen molar-refractivity contribution in [3.63, 3.8) is 0 Å². The molecule has 1 aromatic heterocycles. The molecule has 6 heteroatoms. The van der Waals surface area contributed by atoms with Gasteiger partial charge in [-0.25, -0.2) is 0 Å². The van der Waals surface area contributed by atoms with E-state index in [1.165, 1.54) is 5.56 Å². The summed E-state index contributed by atoms with van der Waals surface area (Å²) in [5, 5.41) is 5.27. The average molecular weight is 372 g/mol. The van der Waals surface area contributed by atoms with Crippen molar-refractivity contribution < 1.29 is 0 Å². The SMILES string of the molecule is CCc1nn(C)c(CC(Cc2cccc(Cl)c2)NN)c1Br. The molecule has 1 unspecified atom stereocenters. The molecule has 0 saturated heterocycles. The Morgan fingerprint density at radius 2 is 2.19 bits per heavy atom. The molecule has 2 aromatic rings. The van der Waals surface area contributed by atoms with Crippen molar-refractivity contribution in [1.82, 2.24) is 15.2 Å². The maximum atomic E-state index is 6.03. The highest BCUT2D eigenvalue weighted by molar-refractivity contribution is 9.10. The zero-order valence-corrected chi connectivity index (χ0v) is 14.6. The fourth-order valence-corrected chi connectivity index (χ4v) is 3.40. The molecule has 0 spiro atoms. The Balaban J connectivity index is 2.14. The maximum absolute atomic E-state index is 6.03. The Kier molecular flexibility index (Phi) is 5.81. The molecule has 4 nitrogen and oxygen atoms in total. The van der Waals surface area contributed by atoms with E-state index in [4.69, 9.17) is 17.4 Å². The summed E-state index contributed by atoms with van der Waals surface area (Å²) in [6.07, 6.45) is 2.52. The number of hydrogen-bond acceptors (Lipinski definition) is 3. The molecule has 2 rings (SSSR count). The second-order valence-corrected chi connectivity index (χ2v) is 6.32. The van der Waals surface area contributed by atoms with E-state index in [-0.39, 0.29) is 6.04 Å². The molecule has 3 N–H and O–H groups in total. The standard InChI is InChI=1S/C15H20BrClN4/c1-3-13-15(16)14(21(2)20-13)9-12(19-18)8-10-5-4-6-11(17)7-10/h4-7,12,19H,3,8-9,18H2,1-2H3. The van der Waals surface area contributed by atoms with Gasteiger partial charge in [0, 0.05) is 24.5 Å². The van der Waals surface area contributed by atoms with Crippen LogP contribution >= 0.6 is 27.5 Å². The van der Waals surface area contributed by atoms with Crippen LogP contribution in [0.1, 0.15) is 23.9 Å². The fourth-order valence-electron chi connectivity index (χ4n) is 2.41. The van der Waals surface area contributed by atoms with Crippen LogP contribution in [-0.4, -0.2) is 15.8 Å². The molecule has 0 radical (unpaired) electrons. The second kappa shape index (κ2) is 7.40. The molecule has 1 atom stereocenters. The molecule has 0 aliphatic rings. The first kappa shape index (κ1) is 16.5. The Morgan fingerprint density at radius 3 is 2.76 bits per heavy atom. The summed E-state index contributed by atoms with van der Waals surface area (Å²) in [5.74, 6) is 5.72. The topological polar surface area (TPSA) is 55.9 Å². The zero-order chi connectivity index (χ0) is 15.4. The van der Waals surface area contributed by atoms with Crippen molar-refractivity contribution >= 4 is 27.5 Å². The number of aromatic nitrogens is 2. The van der Waals surface area contributed by atoms with Crippen LogP contribution in [0.25, 0.3) is 0 Å². The first-order valence-electron chi connectivity index (χ1n) is 6.96. The number of nitrogens with zero attached hydrogens (tertiary/aromatic N) is 2. The highest BCUT2D eigenvalue weighted by Gasteiger charge is 2.17. The molecule has 0 saturated carbocycles. The third-order valence-electron chi connectivity index (χ3n) is 3.55. The van der Waals surface area contributed by atoms with E-state index in [2.05, 4.69) is 39.4 Å². The number of hydrazine groups is 1. The first-order valence-corrected chi connectivity index (χ1v) is 8.13. The summed E-state index contributed by atoms with van der Waals surface area (Å²) in [6, 6.07) is 8.00. The minimum Gasteiger partial charge on any atom is -0.271 e. The van der Waals surface area contributed by atoms with Crippen molar-refractivity contribution in [3.8, 4) is 0 Å². The Labute approximate surface area is 138 Å². The van der Waals surface area contributed by atoms with E-state index in [1.54, 1.807) is 0 Å². The van der Waals surface area contributed by atoms with E-state index >= 15 is 0 Å². The minimum atomic E-state index is 0.125. The molecular formula is C15H20BrClN4. The minimum absolute atomic E-state index is 0.125. The molecule has 21 heavy (non-hydrogen) atoms. The molecule has 0 bridgehead atoms. The monoisotopic (exact) mass is 370 g/mol. The third kappa shape index (κ3) is 4.07. The van der Waals surface area contributed by atoms with Gasteiger partial charge in [-0.2, -0.15) is 5.10 Å². The van der Waals surface area contributed by atoms with E-state index in [9.17, 15) is 0 Å². The lowest BCUT2D eigenvalue weighted by molar-refractivity contribution is 0.504. The summed E-state index contributed by atoms with van der Waals surface area (Å²) < 4.78 is 3.00. The second-order valence-electron chi connectivity index (χ2n) is 5.09. The molecule has 0 aliphatic heterocycles. The number of halogens is 2. The highest BCUT2D eigenvalue weighted by atomic mass is 79.9. The van der Waals surface area contributed by atoms with Crippen LogP contribution in [0.15, 0.2) is 28.7 Å². The van der Waals surface area contributed by atoms with Crippen LogP contribution in [0.4, 0.5) is 0 Å². The predicted molar refractivity (Wildman–Crippen MR) is 90.3 cm³/mol. The summed E-state index contributed by atoms with van der Waals surface area (Å²) in [5.41, 5.74) is 6.29. The van der Waals surface area contributed by atoms with Gasteiger partial charge in [0.25, 0.3) is 0 Å². The number of nitrogens with one attached hydrogen (secondary N) is 1. The number of rotatable bonds is 6.